The average Bonchev–Trinajstić information content (AvgIpc) is 3.23. The molecule has 0 amide bonds. The summed E-state index contributed by atoms with van der Waals surface area (Å²) in [5.41, 5.74) is 2.25. The number of morpholine rings is 1. The minimum atomic E-state index is -1.55. The lowest BCUT2D eigenvalue weighted by Gasteiger charge is -2.25. The molecule has 0 bridgehead atoms. The second kappa shape index (κ2) is 11.4. The van der Waals surface area contributed by atoms with E-state index in [-0.39, 0.29) is 5.78 Å². The first-order chi connectivity index (χ1) is 13.5. The second-order valence-corrected chi connectivity index (χ2v) is 6.89. The van der Waals surface area contributed by atoms with E-state index < -0.39 is 11.9 Å². The van der Waals surface area contributed by atoms with Crippen molar-refractivity contribution in [1.82, 2.24) is 4.90 Å². The number of carboxylic acids is 2. The summed E-state index contributed by atoms with van der Waals surface area (Å²) >= 11 is 0. The van der Waals surface area contributed by atoms with Crippen LogP contribution < -0.4 is 10.2 Å². The van der Waals surface area contributed by atoms with E-state index in [1.54, 1.807) is 0 Å². The van der Waals surface area contributed by atoms with Crippen LogP contribution in [0.4, 0.5) is 0 Å². The van der Waals surface area contributed by atoms with Crippen molar-refractivity contribution < 1.29 is 29.3 Å². The molecule has 1 heterocycles. The lowest BCUT2D eigenvalue weighted by atomic mass is 9.96. The quantitative estimate of drug-likeness (QED) is 0.495. The molecule has 0 radical (unpaired) electrons. The summed E-state index contributed by atoms with van der Waals surface area (Å²) in [4.78, 5) is 33.3. The highest BCUT2D eigenvalue weighted by Gasteiger charge is 2.18. The Morgan fingerprint density at radius 2 is 1.50 bits per heavy atom. The number of benzene rings is 1. The van der Waals surface area contributed by atoms with E-state index in [0.29, 0.717) is 18.7 Å². The van der Waals surface area contributed by atoms with Gasteiger partial charge in [-0.1, -0.05) is 37.1 Å². The lowest BCUT2D eigenvalue weighted by molar-refractivity contribution is -0.301. The maximum Gasteiger partial charge on any atom is 0.176 e. The number of ether oxygens (including phenoxy) is 1. The zero-order valence-electron chi connectivity index (χ0n) is 15.8. The number of ketones is 1. The van der Waals surface area contributed by atoms with Gasteiger partial charge in [-0.05, 0) is 36.5 Å². The molecule has 3 rings (SSSR count). The van der Waals surface area contributed by atoms with Crippen LogP contribution in [-0.2, 0) is 14.3 Å². The minimum absolute atomic E-state index is 0.227. The van der Waals surface area contributed by atoms with Gasteiger partial charge in [-0.15, -0.1) is 0 Å². The van der Waals surface area contributed by atoms with Gasteiger partial charge in [-0.2, -0.15) is 0 Å². The molecule has 0 spiro atoms. The van der Waals surface area contributed by atoms with Crippen molar-refractivity contribution in [2.75, 3.05) is 32.8 Å². The summed E-state index contributed by atoms with van der Waals surface area (Å²) in [5.74, 6) is -2.15. The van der Waals surface area contributed by atoms with Crippen LogP contribution in [0.2, 0.25) is 0 Å². The molecule has 2 aliphatic rings. The van der Waals surface area contributed by atoms with Crippen LogP contribution in [-0.4, -0.2) is 55.5 Å². The first kappa shape index (κ1) is 21.8. The maximum absolute atomic E-state index is 12.3. The molecule has 0 unspecified atom stereocenters. The molecule has 1 saturated carbocycles. The molecule has 1 aliphatic carbocycles. The Morgan fingerprint density at radius 1 is 0.964 bits per heavy atom. The Bertz CT molecular complexity index is 669. The topological polar surface area (TPSA) is 110 Å². The van der Waals surface area contributed by atoms with Gasteiger partial charge in [-0.3, -0.25) is 9.69 Å². The van der Waals surface area contributed by atoms with Crippen LogP contribution in [0.15, 0.2) is 36.4 Å². The third-order valence-electron chi connectivity index (χ3n) is 4.89. The summed E-state index contributed by atoms with van der Waals surface area (Å²) in [6.07, 6.45) is 6.08. The number of Topliss-reactive ketones (excluding diaryl/α,β-unsaturated/α-hetero) is 1. The average molecular weight is 387 g/mol. The van der Waals surface area contributed by atoms with Crippen molar-refractivity contribution in [3.05, 3.63) is 47.5 Å². The van der Waals surface area contributed by atoms with E-state index >= 15 is 0 Å². The normalized spacial score (nSPS) is 17.9. The van der Waals surface area contributed by atoms with Gasteiger partial charge in [-0.25, -0.2) is 0 Å². The number of hydrogen-bond donors (Lipinski definition) is 0. The molecular formula is C21H25NO6-2. The van der Waals surface area contributed by atoms with Crippen LogP contribution >= 0.6 is 0 Å². The largest absolute Gasteiger partial charge is 0.545 e. The molecule has 7 nitrogen and oxygen atoms in total. The molecule has 1 saturated heterocycles. The third-order valence-corrected chi connectivity index (χ3v) is 4.89. The minimum Gasteiger partial charge on any atom is -0.545 e. The van der Waals surface area contributed by atoms with Crippen LogP contribution in [0, 0.1) is 0 Å². The highest BCUT2D eigenvalue weighted by atomic mass is 16.5. The number of rotatable bonds is 6. The Morgan fingerprint density at radius 3 is 2.00 bits per heavy atom. The highest BCUT2D eigenvalue weighted by Crippen LogP contribution is 2.33. The highest BCUT2D eigenvalue weighted by molar-refractivity contribution is 5.97. The van der Waals surface area contributed by atoms with Gasteiger partial charge in [0, 0.05) is 18.7 Å². The molecule has 1 aromatic rings. The summed E-state index contributed by atoms with van der Waals surface area (Å²) < 4.78 is 5.31. The van der Waals surface area contributed by atoms with Crippen molar-refractivity contribution in [2.24, 2.45) is 0 Å². The third kappa shape index (κ3) is 7.62. The van der Waals surface area contributed by atoms with E-state index in [0.717, 1.165) is 37.8 Å². The van der Waals surface area contributed by atoms with E-state index in [4.69, 9.17) is 4.74 Å². The predicted octanol–water partition coefficient (Wildman–Crippen LogP) is -0.0985. The lowest BCUT2D eigenvalue weighted by Crippen LogP contribution is -2.39. The van der Waals surface area contributed by atoms with Crippen molar-refractivity contribution in [1.29, 1.82) is 0 Å². The monoisotopic (exact) mass is 387 g/mol. The molecule has 1 aromatic carbocycles. The van der Waals surface area contributed by atoms with E-state index in [2.05, 4.69) is 17.0 Å². The van der Waals surface area contributed by atoms with E-state index in [1.165, 1.54) is 31.2 Å². The standard InChI is InChI=1S/C17H23NO2.C4H4O4/c19-17(13-18-9-11-20-12-10-18)16-7-5-15(6-8-16)14-3-1-2-4-14;5-3(6)1-2-4(7)8/h5-8,14H,1-4,9-13H2;1-2H,(H,5,6)(H,7,8)/p-2/b;2-1-. The molecule has 152 valence electrons. The molecule has 1 aliphatic heterocycles. The van der Waals surface area contributed by atoms with Gasteiger partial charge in [0.25, 0.3) is 0 Å². The van der Waals surface area contributed by atoms with Gasteiger partial charge in [0.15, 0.2) is 5.78 Å². The Hall–Kier alpha value is -2.51. The number of hydrogen-bond acceptors (Lipinski definition) is 7. The fraction of sp³-hybridized carbons (Fsp3) is 0.476. The predicted molar refractivity (Wildman–Crippen MR) is 98.4 cm³/mol. The van der Waals surface area contributed by atoms with Crippen LogP contribution in [0.3, 0.4) is 0 Å². The second-order valence-electron chi connectivity index (χ2n) is 6.89. The number of aliphatic carboxylic acids is 2. The molecule has 0 aromatic heterocycles. The number of carbonyl (C=O) groups is 3. The summed E-state index contributed by atoms with van der Waals surface area (Å²) in [6, 6.07) is 8.33. The molecule has 7 heteroatoms. The molecule has 0 atom stereocenters. The van der Waals surface area contributed by atoms with E-state index in [9.17, 15) is 24.6 Å². The van der Waals surface area contributed by atoms with Crippen LogP contribution in [0.5, 0.6) is 0 Å². The summed E-state index contributed by atoms with van der Waals surface area (Å²) in [7, 11) is 0. The fourth-order valence-electron chi connectivity index (χ4n) is 3.39. The first-order valence-corrected chi connectivity index (χ1v) is 9.49. The summed E-state index contributed by atoms with van der Waals surface area (Å²) in [6.45, 7) is 3.74. The van der Waals surface area contributed by atoms with Crippen molar-refractivity contribution in [3.8, 4) is 0 Å². The van der Waals surface area contributed by atoms with Crippen molar-refractivity contribution in [2.45, 2.75) is 31.6 Å². The zero-order valence-corrected chi connectivity index (χ0v) is 15.8. The Kier molecular flexibility index (Phi) is 8.84. The number of carbonyl (C=O) groups excluding carboxylic acids is 3. The van der Waals surface area contributed by atoms with Crippen molar-refractivity contribution in [3.63, 3.8) is 0 Å². The molecule has 2 fully saturated rings. The van der Waals surface area contributed by atoms with Gasteiger partial charge >= 0.3 is 0 Å². The fourth-order valence-corrected chi connectivity index (χ4v) is 3.39. The van der Waals surface area contributed by atoms with E-state index in [1.807, 2.05) is 12.1 Å². The summed E-state index contributed by atoms with van der Waals surface area (Å²) in [5, 5.41) is 18.8. The van der Waals surface area contributed by atoms with Gasteiger partial charge < -0.3 is 24.5 Å². The number of carboxylic acid groups (broad SMARTS) is 2. The van der Waals surface area contributed by atoms with Crippen LogP contribution in [0.1, 0.15) is 47.5 Å². The smallest absolute Gasteiger partial charge is 0.176 e. The molecule has 0 N–H and O–H groups in total. The van der Waals surface area contributed by atoms with Crippen molar-refractivity contribution >= 4 is 17.7 Å². The molecular weight excluding hydrogens is 362 g/mol. The Balaban J connectivity index is 0.000000300. The SMILES string of the molecule is O=C(CN1CCOCC1)c1ccc(C2CCCC2)cc1.O=C([O-])/C=C\C(=O)[O-]. The van der Waals surface area contributed by atoms with Gasteiger partial charge in [0.05, 0.1) is 31.7 Å². The first-order valence-electron chi connectivity index (χ1n) is 9.49. The zero-order chi connectivity index (χ0) is 20.4. The van der Waals surface area contributed by atoms with Gasteiger partial charge in [0.1, 0.15) is 0 Å². The van der Waals surface area contributed by atoms with Crippen LogP contribution in [0.25, 0.3) is 0 Å². The maximum atomic E-state index is 12.3. The number of nitrogens with zero attached hydrogens (tertiary/aromatic N) is 1. The Labute approximate surface area is 164 Å². The molecule has 28 heavy (non-hydrogen) atoms. The van der Waals surface area contributed by atoms with Gasteiger partial charge in [0.2, 0.25) is 0 Å².